The molecule has 0 aliphatic carbocycles. The molecule has 5 heteroatoms. The second kappa shape index (κ2) is 7.00. The summed E-state index contributed by atoms with van der Waals surface area (Å²) in [4.78, 5) is 13.9. The van der Waals surface area contributed by atoms with Gasteiger partial charge in [0.1, 0.15) is 11.4 Å². The zero-order chi connectivity index (χ0) is 17.2. The molecule has 128 valence electrons. The Hall–Kier alpha value is -1.42. The number of halogens is 1. The maximum absolute atomic E-state index is 12.1. The topological polar surface area (TPSA) is 38.8 Å². The van der Waals surface area contributed by atoms with Gasteiger partial charge in [-0.25, -0.2) is 4.79 Å². The van der Waals surface area contributed by atoms with Crippen molar-refractivity contribution in [3.05, 3.63) is 28.8 Å². The summed E-state index contributed by atoms with van der Waals surface area (Å²) in [5.74, 6) is 0.987. The lowest BCUT2D eigenvalue weighted by atomic mass is 9.98. The van der Waals surface area contributed by atoms with Gasteiger partial charge in [-0.1, -0.05) is 17.7 Å². The van der Waals surface area contributed by atoms with Gasteiger partial charge in [0.25, 0.3) is 0 Å². The van der Waals surface area contributed by atoms with Crippen molar-refractivity contribution in [1.29, 1.82) is 0 Å². The highest BCUT2D eigenvalue weighted by Crippen LogP contribution is 2.33. The molecule has 23 heavy (non-hydrogen) atoms. The predicted octanol–water partition coefficient (Wildman–Crippen LogP) is 4.85. The highest BCUT2D eigenvalue weighted by Gasteiger charge is 2.30. The number of benzene rings is 1. The molecule has 1 saturated heterocycles. The van der Waals surface area contributed by atoms with Gasteiger partial charge in [0.05, 0.1) is 11.1 Å². The van der Waals surface area contributed by atoms with E-state index < -0.39 is 5.60 Å². The van der Waals surface area contributed by atoms with E-state index in [-0.39, 0.29) is 18.1 Å². The molecule has 0 bridgehead atoms. The average Bonchev–Trinajstić information content (AvgIpc) is 2.88. The molecule has 1 aromatic carbocycles. The number of hydrogen-bond acceptors (Lipinski definition) is 3. The van der Waals surface area contributed by atoms with E-state index in [0.29, 0.717) is 23.9 Å². The second-order valence-corrected chi connectivity index (χ2v) is 7.68. The summed E-state index contributed by atoms with van der Waals surface area (Å²) in [7, 11) is 0. The van der Waals surface area contributed by atoms with Gasteiger partial charge in [0.15, 0.2) is 0 Å². The third-order valence-corrected chi connectivity index (χ3v) is 3.93. The average molecular weight is 340 g/mol. The summed E-state index contributed by atoms with van der Waals surface area (Å²) in [5, 5.41) is 0.618. The quantitative estimate of drug-likeness (QED) is 0.790. The summed E-state index contributed by atoms with van der Waals surface area (Å²) in [6, 6.07) is 5.89. The highest BCUT2D eigenvalue weighted by atomic mass is 35.5. The van der Waals surface area contributed by atoms with Crippen LogP contribution in [0.1, 0.15) is 52.5 Å². The molecule has 1 unspecified atom stereocenters. The molecule has 0 saturated carbocycles. The maximum atomic E-state index is 12.1. The lowest BCUT2D eigenvalue weighted by Crippen LogP contribution is -2.35. The van der Waals surface area contributed by atoms with Crippen LogP contribution in [0, 0.1) is 0 Å². The first-order chi connectivity index (χ1) is 10.7. The lowest BCUT2D eigenvalue weighted by Gasteiger charge is -2.24. The molecule has 1 aliphatic rings. The highest BCUT2D eigenvalue weighted by molar-refractivity contribution is 6.32. The van der Waals surface area contributed by atoms with Crippen molar-refractivity contribution in [1.82, 2.24) is 4.90 Å². The van der Waals surface area contributed by atoms with E-state index in [9.17, 15) is 4.79 Å². The summed E-state index contributed by atoms with van der Waals surface area (Å²) in [5.41, 5.74) is 0.672. The fraction of sp³-hybridized carbons (Fsp3) is 0.611. The molecule has 1 amide bonds. The molecule has 4 nitrogen and oxygen atoms in total. The SMILES string of the molecule is CC(C)Oc1ccc(C2CCN(C(=O)OC(C)(C)C)C2)cc1Cl. The first-order valence-electron chi connectivity index (χ1n) is 8.10. The third-order valence-electron chi connectivity index (χ3n) is 3.63. The number of carbonyl (C=O) groups excluding carboxylic acids is 1. The number of ether oxygens (including phenoxy) is 2. The maximum Gasteiger partial charge on any atom is 0.410 e. The standard InChI is InChI=1S/C18H26ClNO3/c1-12(2)22-16-7-6-13(10-15(16)19)14-8-9-20(11-14)17(21)23-18(3,4)5/h6-7,10,12,14H,8-9,11H2,1-5H3. The van der Waals surface area contributed by atoms with Crippen molar-refractivity contribution in [2.45, 2.75) is 58.7 Å². The molecule has 0 spiro atoms. The van der Waals surface area contributed by atoms with Crippen molar-refractivity contribution in [2.75, 3.05) is 13.1 Å². The van der Waals surface area contributed by atoms with E-state index in [0.717, 1.165) is 12.0 Å². The zero-order valence-corrected chi connectivity index (χ0v) is 15.3. The van der Waals surface area contributed by atoms with Gasteiger partial charge >= 0.3 is 6.09 Å². The van der Waals surface area contributed by atoms with E-state index in [1.165, 1.54) is 0 Å². The van der Waals surface area contributed by atoms with Crippen molar-refractivity contribution >= 4 is 17.7 Å². The molecule has 0 aromatic heterocycles. The lowest BCUT2D eigenvalue weighted by molar-refractivity contribution is 0.0292. The Morgan fingerprint density at radius 2 is 2.04 bits per heavy atom. The summed E-state index contributed by atoms with van der Waals surface area (Å²) < 4.78 is 11.1. The molecule has 2 rings (SSSR count). The van der Waals surface area contributed by atoms with Crippen molar-refractivity contribution < 1.29 is 14.3 Å². The van der Waals surface area contributed by atoms with Crippen LogP contribution >= 0.6 is 11.6 Å². The van der Waals surface area contributed by atoms with Crippen molar-refractivity contribution in [3.63, 3.8) is 0 Å². The second-order valence-electron chi connectivity index (χ2n) is 7.27. The molecule has 1 atom stereocenters. The largest absolute Gasteiger partial charge is 0.489 e. The van der Waals surface area contributed by atoms with Crippen LogP contribution in [0.4, 0.5) is 4.79 Å². The fourth-order valence-electron chi connectivity index (χ4n) is 2.65. The molecular formula is C18H26ClNO3. The normalized spacial score (nSPS) is 18.4. The van der Waals surface area contributed by atoms with E-state index in [2.05, 4.69) is 0 Å². The van der Waals surface area contributed by atoms with E-state index in [1.807, 2.05) is 52.8 Å². The Bertz CT molecular complexity index is 566. The van der Waals surface area contributed by atoms with E-state index in [1.54, 1.807) is 4.90 Å². The van der Waals surface area contributed by atoms with Crippen LogP contribution in [0.2, 0.25) is 5.02 Å². The fourth-order valence-corrected chi connectivity index (χ4v) is 2.88. The van der Waals surface area contributed by atoms with Gasteiger partial charge in [-0.3, -0.25) is 0 Å². The summed E-state index contributed by atoms with van der Waals surface area (Å²) in [6.45, 7) is 11.0. The first kappa shape index (κ1) is 17.9. The number of hydrogen-bond donors (Lipinski definition) is 0. The first-order valence-corrected chi connectivity index (χ1v) is 8.47. The number of rotatable bonds is 3. The molecule has 0 radical (unpaired) electrons. The Kier molecular flexibility index (Phi) is 5.45. The molecule has 0 N–H and O–H groups in total. The number of nitrogens with zero attached hydrogens (tertiary/aromatic N) is 1. The Morgan fingerprint density at radius 3 is 2.61 bits per heavy atom. The van der Waals surface area contributed by atoms with Crippen LogP contribution < -0.4 is 4.74 Å². The number of amides is 1. The summed E-state index contributed by atoms with van der Waals surface area (Å²) in [6.07, 6.45) is 0.762. The van der Waals surface area contributed by atoms with E-state index >= 15 is 0 Å². The molecule has 1 fully saturated rings. The van der Waals surface area contributed by atoms with Crippen molar-refractivity contribution in [3.8, 4) is 5.75 Å². The van der Waals surface area contributed by atoms with E-state index in [4.69, 9.17) is 21.1 Å². The minimum atomic E-state index is -0.464. The molecule has 1 aliphatic heterocycles. The Labute approximate surface area is 143 Å². The van der Waals surface area contributed by atoms with Crippen LogP contribution in [-0.2, 0) is 4.74 Å². The molecule has 1 aromatic rings. The third kappa shape index (κ3) is 5.03. The smallest absolute Gasteiger partial charge is 0.410 e. The van der Waals surface area contributed by atoms with Gasteiger partial charge in [-0.15, -0.1) is 0 Å². The van der Waals surface area contributed by atoms with Crippen molar-refractivity contribution in [2.24, 2.45) is 0 Å². The van der Waals surface area contributed by atoms with Gasteiger partial charge < -0.3 is 14.4 Å². The monoisotopic (exact) mass is 339 g/mol. The summed E-state index contributed by atoms with van der Waals surface area (Å²) >= 11 is 6.31. The molecule has 1 heterocycles. The van der Waals surface area contributed by atoms with Crippen LogP contribution in [-0.4, -0.2) is 35.8 Å². The van der Waals surface area contributed by atoms with Crippen LogP contribution in [0.25, 0.3) is 0 Å². The van der Waals surface area contributed by atoms with Gasteiger partial charge in [0, 0.05) is 19.0 Å². The zero-order valence-electron chi connectivity index (χ0n) is 14.6. The Balaban J connectivity index is 2.01. The Morgan fingerprint density at radius 1 is 1.35 bits per heavy atom. The predicted molar refractivity (Wildman–Crippen MR) is 92.4 cm³/mol. The van der Waals surface area contributed by atoms with Gasteiger partial charge in [-0.05, 0) is 58.7 Å². The minimum absolute atomic E-state index is 0.0903. The van der Waals surface area contributed by atoms with Crippen LogP contribution in [0.3, 0.4) is 0 Å². The molecular weight excluding hydrogens is 314 g/mol. The van der Waals surface area contributed by atoms with Gasteiger partial charge in [0.2, 0.25) is 0 Å². The van der Waals surface area contributed by atoms with Gasteiger partial charge in [-0.2, -0.15) is 0 Å². The van der Waals surface area contributed by atoms with Crippen LogP contribution in [0.5, 0.6) is 5.75 Å². The number of carbonyl (C=O) groups is 1. The minimum Gasteiger partial charge on any atom is -0.489 e. The van der Waals surface area contributed by atoms with Crippen LogP contribution in [0.15, 0.2) is 18.2 Å². The number of likely N-dealkylation sites (tertiary alicyclic amines) is 1.